The van der Waals surface area contributed by atoms with Crippen molar-refractivity contribution in [3.63, 3.8) is 0 Å². The van der Waals surface area contributed by atoms with Crippen molar-refractivity contribution in [3.8, 4) is 17.2 Å². The Bertz CT molecular complexity index is 1220. The predicted molar refractivity (Wildman–Crippen MR) is 129 cm³/mol. The van der Waals surface area contributed by atoms with Crippen LogP contribution in [-0.4, -0.2) is 62.4 Å². The van der Waals surface area contributed by atoms with Crippen LogP contribution in [0.5, 0.6) is 17.2 Å². The maximum Gasteiger partial charge on any atom is 0.289 e. The normalized spacial score (nSPS) is 14.9. The number of hydrogen-bond acceptors (Lipinski definition) is 7. The van der Waals surface area contributed by atoms with Crippen molar-refractivity contribution in [2.24, 2.45) is 5.10 Å². The second-order valence-electron chi connectivity index (χ2n) is 7.98. The molecule has 0 saturated carbocycles. The van der Waals surface area contributed by atoms with Gasteiger partial charge in [0, 0.05) is 19.0 Å². The number of nitrogens with zero attached hydrogens (tertiary/aromatic N) is 3. The second-order valence-corrected chi connectivity index (χ2v) is 7.98. The van der Waals surface area contributed by atoms with Crippen LogP contribution in [0.1, 0.15) is 34.1 Å². The topological polar surface area (TPSA) is 93.8 Å². The van der Waals surface area contributed by atoms with Gasteiger partial charge in [-0.05, 0) is 60.2 Å². The van der Waals surface area contributed by atoms with Crippen molar-refractivity contribution in [3.05, 3.63) is 77.7 Å². The number of likely N-dealkylation sites (N-methyl/N-ethyl adjacent to an activating group) is 1. The maximum absolute atomic E-state index is 13.4. The van der Waals surface area contributed by atoms with Crippen molar-refractivity contribution >= 4 is 17.5 Å². The summed E-state index contributed by atoms with van der Waals surface area (Å²) in [6.07, 6.45) is 1.87. The van der Waals surface area contributed by atoms with Crippen LogP contribution in [0.15, 0.2) is 70.4 Å². The highest BCUT2D eigenvalue weighted by Crippen LogP contribution is 2.39. The Balaban J connectivity index is 1.66. The Hall–Kier alpha value is -4.27. The molecule has 9 heteroatoms. The molecule has 3 aromatic rings. The smallest absolute Gasteiger partial charge is 0.289 e. The van der Waals surface area contributed by atoms with E-state index in [1.54, 1.807) is 52.6 Å². The van der Waals surface area contributed by atoms with Crippen LogP contribution in [0.25, 0.3) is 0 Å². The van der Waals surface area contributed by atoms with Gasteiger partial charge in [-0.15, -0.1) is 0 Å². The van der Waals surface area contributed by atoms with Gasteiger partial charge in [0.1, 0.15) is 23.8 Å². The number of methoxy groups -OCH3 is 3. The van der Waals surface area contributed by atoms with Gasteiger partial charge in [-0.1, -0.05) is 0 Å². The summed E-state index contributed by atoms with van der Waals surface area (Å²) >= 11 is 0. The zero-order valence-corrected chi connectivity index (χ0v) is 20.1. The molecule has 9 nitrogen and oxygen atoms in total. The van der Waals surface area contributed by atoms with Gasteiger partial charge >= 0.3 is 0 Å². The number of hydrazone groups is 1. The van der Waals surface area contributed by atoms with Crippen LogP contribution in [0.2, 0.25) is 0 Å². The Labute approximate surface area is 203 Å². The third kappa shape index (κ3) is 4.98. The van der Waals surface area contributed by atoms with Crippen LogP contribution in [0.3, 0.4) is 0 Å². The molecular weight excluding hydrogens is 450 g/mol. The lowest BCUT2D eigenvalue weighted by Gasteiger charge is -2.26. The Morgan fingerprint density at radius 3 is 2.37 bits per heavy atom. The first-order chi connectivity index (χ1) is 16.9. The van der Waals surface area contributed by atoms with E-state index in [2.05, 4.69) is 5.10 Å². The molecule has 1 aromatic heterocycles. The lowest BCUT2D eigenvalue weighted by Crippen LogP contribution is -2.39. The molecule has 0 radical (unpaired) electrons. The molecule has 1 atom stereocenters. The first-order valence-corrected chi connectivity index (χ1v) is 11.0. The fourth-order valence-electron chi connectivity index (χ4n) is 3.98. The molecule has 1 aliphatic heterocycles. The first kappa shape index (κ1) is 23.9. The lowest BCUT2D eigenvalue weighted by molar-refractivity contribution is -0.133. The summed E-state index contributed by atoms with van der Waals surface area (Å²) in [5.74, 6) is 1.40. The van der Waals surface area contributed by atoms with Crippen LogP contribution in [-0.2, 0) is 4.79 Å². The van der Waals surface area contributed by atoms with Crippen LogP contribution >= 0.6 is 0 Å². The summed E-state index contributed by atoms with van der Waals surface area (Å²) in [6.45, 7) is -0.179. The van der Waals surface area contributed by atoms with Gasteiger partial charge in [-0.3, -0.25) is 9.59 Å². The maximum atomic E-state index is 13.4. The number of amides is 2. The van der Waals surface area contributed by atoms with E-state index < -0.39 is 11.9 Å². The van der Waals surface area contributed by atoms with Crippen molar-refractivity contribution in [1.29, 1.82) is 0 Å². The fourth-order valence-corrected chi connectivity index (χ4v) is 3.98. The molecule has 2 amide bonds. The average molecular weight is 478 g/mol. The molecule has 2 heterocycles. The zero-order chi connectivity index (χ0) is 24.9. The van der Waals surface area contributed by atoms with Crippen molar-refractivity contribution in [2.75, 3.05) is 34.9 Å². The van der Waals surface area contributed by atoms with Gasteiger partial charge in [0.2, 0.25) is 0 Å². The highest BCUT2D eigenvalue weighted by molar-refractivity contribution is 6.03. The highest BCUT2D eigenvalue weighted by Gasteiger charge is 2.36. The minimum Gasteiger partial charge on any atom is -0.497 e. The summed E-state index contributed by atoms with van der Waals surface area (Å²) in [7, 11) is 6.31. The lowest BCUT2D eigenvalue weighted by atomic mass is 9.97. The number of carbonyl (C=O) groups excluding carboxylic acids is 2. The molecular formula is C26H27N3O6. The SMILES string of the molecule is COc1ccc(C2=NN(C(=O)CN(C)C(=O)c3ccco3)[C@H](c3cc(OC)ccc3OC)C2)cc1. The standard InChI is InChI=1S/C26H27N3O6/c1-28(26(31)24-6-5-13-35-24)16-25(30)29-22(20-14-19(33-3)11-12-23(20)34-4)15-21(27-29)17-7-9-18(32-2)10-8-17/h5-14,22H,15-16H2,1-4H3/t22-/m0/s1. The molecule has 182 valence electrons. The summed E-state index contributed by atoms with van der Waals surface area (Å²) in [4.78, 5) is 27.4. The van der Waals surface area contributed by atoms with Gasteiger partial charge in [-0.25, -0.2) is 5.01 Å². The zero-order valence-electron chi connectivity index (χ0n) is 20.1. The van der Waals surface area contributed by atoms with Crippen LogP contribution < -0.4 is 14.2 Å². The fraction of sp³-hybridized carbons (Fsp3) is 0.269. The van der Waals surface area contributed by atoms with Gasteiger partial charge < -0.3 is 23.5 Å². The second kappa shape index (κ2) is 10.3. The van der Waals surface area contributed by atoms with E-state index >= 15 is 0 Å². The molecule has 2 aromatic carbocycles. The number of ether oxygens (including phenoxy) is 3. The van der Waals surface area contributed by atoms with E-state index in [4.69, 9.17) is 18.6 Å². The van der Waals surface area contributed by atoms with E-state index in [1.807, 2.05) is 30.3 Å². The number of furan rings is 1. The average Bonchev–Trinajstić information content (AvgIpc) is 3.58. The van der Waals surface area contributed by atoms with Crippen molar-refractivity contribution < 1.29 is 28.2 Å². The van der Waals surface area contributed by atoms with Gasteiger partial charge in [-0.2, -0.15) is 5.10 Å². The quantitative estimate of drug-likeness (QED) is 0.491. The van der Waals surface area contributed by atoms with Gasteiger partial charge in [0.05, 0.1) is 39.3 Å². The highest BCUT2D eigenvalue weighted by atomic mass is 16.5. The minimum absolute atomic E-state index is 0.162. The van der Waals surface area contributed by atoms with E-state index in [9.17, 15) is 9.59 Å². The van der Waals surface area contributed by atoms with E-state index in [1.165, 1.54) is 16.2 Å². The van der Waals surface area contributed by atoms with Gasteiger partial charge in [0.15, 0.2) is 5.76 Å². The summed E-state index contributed by atoms with van der Waals surface area (Å²) in [6, 6.07) is 15.7. The summed E-state index contributed by atoms with van der Waals surface area (Å²) in [5.41, 5.74) is 2.36. The van der Waals surface area contributed by atoms with Crippen molar-refractivity contribution in [2.45, 2.75) is 12.5 Å². The third-order valence-electron chi connectivity index (χ3n) is 5.84. The van der Waals surface area contributed by atoms with E-state index in [-0.39, 0.29) is 18.2 Å². The Morgan fingerprint density at radius 1 is 1.03 bits per heavy atom. The molecule has 35 heavy (non-hydrogen) atoms. The minimum atomic E-state index is -0.447. The molecule has 0 saturated heterocycles. The summed E-state index contributed by atoms with van der Waals surface area (Å²) in [5, 5.41) is 6.10. The first-order valence-electron chi connectivity index (χ1n) is 11.0. The predicted octanol–water partition coefficient (Wildman–Crippen LogP) is 3.76. The van der Waals surface area contributed by atoms with E-state index in [0.717, 1.165) is 22.6 Å². The number of hydrogen-bond donors (Lipinski definition) is 0. The largest absolute Gasteiger partial charge is 0.497 e. The van der Waals surface area contributed by atoms with Gasteiger partial charge in [0.25, 0.3) is 11.8 Å². The molecule has 0 bridgehead atoms. The Kier molecular flexibility index (Phi) is 7.05. The molecule has 0 spiro atoms. The molecule has 0 aliphatic carbocycles. The number of carbonyl (C=O) groups is 2. The molecule has 4 rings (SSSR count). The molecule has 1 aliphatic rings. The van der Waals surface area contributed by atoms with Crippen LogP contribution in [0, 0.1) is 0 Å². The van der Waals surface area contributed by atoms with Crippen LogP contribution in [0.4, 0.5) is 0 Å². The number of benzene rings is 2. The Morgan fingerprint density at radius 2 is 1.74 bits per heavy atom. The number of rotatable bonds is 8. The third-order valence-corrected chi connectivity index (χ3v) is 5.84. The molecule has 0 unspecified atom stereocenters. The molecule has 0 N–H and O–H groups in total. The van der Waals surface area contributed by atoms with E-state index in [0.29, 0.717) is 17.9 Å². The monoisotopic (exact) mass is 477 g/mol. The molecule has 0 fully saturated rings. The van der Waals surface area contributed by atoms with Crippen molar-refractivity contribution in [1.82, 2.24) is 9.91 Å². The summed E-state index contributed by atoms with van der Waals surface area (Å²) < 4.78 is 21.4.